The van der Waals surface area contributed by atoms with Gasteiger partial charge in [-0.15, -0.1) is 11.3 Å². The van der Waals surface area contributed by atoms with E-state index in [0.29, 0.717) is 5.13 Å². The second kappa shape index (κ2) is 6.88. The number of amides is 2. The van der Waals surface area contributed by atoms with Crippen molar-refractivity contribution in [2.24, 2.45) is 5.10 Å². The first-order valence-corrected chi connectivity index (χ1v) is 8.25. The van der Waals surface area contributed by atoms with Crippen LogP contribution in [0.15, 0.2) is 34.7 Å². The number of aryl methyl sites for hydroxylation is 1. The van der Waals surface area contributed by atoms with Crippen molar-refractivity contribution in [2.75, 3.05) is 5.32 Å². The van der Waals surface area contributed by atoms with E-state index < -0.39 is 0 Å². The van der Waals surface area contributed by atoms with Crippen molar-refractivity contribution in [3.63, 3.8) is 0 Å². The molecule has 2 heterocycles. The smallest absolute Gasteiger partial charge is 0.273 e. The summed E-state index contributed by atoms with van der Waals surface area (Å²) >= 11 is 1.33. The van der Waals surface area contributed by atoms with E-state index in [1.165, 1.54) is 28.5 Å². The van der Waals surface area contributed by atoms with Crippen LogP contribution in [0.1, 0.15) is 24.1 Å². The first-order chi connectivity index (χ1) is 11.5. The summed E-state index contributed by atoms with van der Waals surface area (Å²) in [6.45, 7) is 2.04. The van der Waals surface area contributed by atoms with Crippen LogP contribution in [0.5, 0.6) is 0 Å². The van der Waals surface area contributed by atoms with Crippen molar-refractivity contribution in [3.8, 4) is 0 Å². The van der Waals surface area contributed by atoms with Crippen molar-refractivity contribution in [1.82, 2.24) is 9.99 Å². The van der Waals surface area contributed by atoms with Gasteiger partial charge in [0, 0.05) is 18.2 Å². The summed E-state index contributed by atoms with van der Waals surface area (Å²) in [5, 5.41) is 10.4. The Bertz CT molecular complexity index is 801. The van der Waals surface area contributed by atoms with Gasteiger partial charge in [0.1, 0.15) is 11.5 Å². The second-order valence-electron chi connectivity index (χ2n) is 5.37. The van der Waals surface area contributed by atoms with Gasteiger partial charge in [-0.3, -0.25) is 14.9 Å². The summed E-state index contributed by atoms with van der Waals surface area (Å²) < 4.78 is 13.0. The summed E-state index contributed by atoms with van der Waals surface area (Å²) in [4.78, 5) is 28.4. The number of nitrogens with zero attached hydrogens (tertiary/aromatic N) is 3. The highest BCUT2D eigenvalue weighted by Crippen LogP contribution is 2.17. The van der Waals surface area contributed by atoms with E-state index in [0.717, 1.165) is 11.3 Å². The molecule has 2 amide bonds. The predicted molar refractivity (Wildman–Crippen MR) is 89.1 cm³/mol. The van der Waals surface area contributed by atoms with Gasteiger partial charge in [-0.05, 0) is 24.6 Å². The number of thiazole rings is 1. The lowest BCUT2D eigenvalue weighted by Crippen LogP contribution is -2.36. The molecule has 2 aromatic rings. The van der Waals surface area contributed by atoms with Crippen molar-refractivity contribution in [1.29, 1.82) is 0 Å². The summed E-state index contributed by atoms with van der Waals surface area (Å²) in [6.07, 6.45) is 0.499. The number of anilines is 1. The van der Waals surface area contributed by atoms with Crippen molar-refractivity contribution in [2.45, 2.75) is 26.3 Å². The molecule has 0 atom stereocenters. The fourth-order valence-corrected chi connectivity index (χ4v) is 2.91. The van der Waals surface area contributed by atoms with Gasteiger partial charge in [-0.1, -0.05) is 12.1 Å². The zero-order chi connectivity index (χ0) is 17.1. The molecular weight excluding hydrogens is 331 g/mol. The highest BCUT2D eigenvalue weighted by atomic mass is 32.1. The van der Waals surface area contributed by atoms with Gasteiger partial charge in [-0.25, -0.2) is 14.4 Å². The first-order valence-electron chi connectivity index (χ1n) is 7.37. The minimum atomic E-state index is -0.360. The number of aromatic nitrogens is 1. The molecule has 8 heteroatoms. The molecule has 24 heavy (non-hydrogen) atoms. The van der Waals surface area contributed by atoms with Crippen molar-refractivity contribution >= 4 is 34.0 Å². The van der Waals surface area contributed by atoms with Gasteiger partial charge < -0.3 is 0 Å². The van der Waals surface area contributed by atoms with Gasteiger partial charge in [0.05, 0.1) is 12.2 Å². The number of carbonyl (C=O) groups is 2. The maximum atomic E-state index is 13.0. The highest BCUT2D eigenvalue weighted by Gasteiger charge is 2.25. The van der Waals surface area contributed by atoms with E-state index in [4.69, 9.17) is 0 Å². The Morgan fingerprint density at radius 1 is 1.33 bits per heavy atom. The second-order valence-corrected chi connectivity index (χ2v) is 6.23. The maximum Gasteiger partial charge on any atom is 0.273 e. The Kier molecular flexibility index (Phi) is 4.66. The Hall–Kier alpha value is -2.61. The number of halogens is 1. The van der Waals surface area contributed by atoms with E-state index in [2.05, 4.69) is 15.4 Å². The molecule has 0 aliphatic carbocycles. The van der Waals surface area contributed by atoms with E-state index in [-0.39, 0.29) is 42.7 Å². The molecule has 3 rings (SSSR count). The van der Waals surface area contributed by atoms with E-state index in [1.807, 2.05) is 12.3 Å². The number of rotatable bonds is 4. The van der Waals surface area contributed by atoms with E-state index in [9.17, 15) is 14.0 Å². The van der Waals surface area contributed by atoms with Gasteiger partial charge >= 0.3 is 0 Å². The quantitative estimate of drug-likeness (QED) is 0.925. The predicted octanol–water partition coefficient (Wildman–Crippen LogP) is 2.71. The summed E-state index contributed by atoms with van der Waals surface area (Å²) in [5.41, 5.74) is 1.85. The number of hydrogen-bond donors (Lipinski definition) is 1. The number of hydrazone groups is 1. The van der Waals surface area contributed by atoms with Crippen LogP contribution in [-0.4, -0.2) is 27.5 Å². The van der Waals surface area contributed by atoms with Gasteiger partial charge in [-0.2, -0.15) is 5.10 Å². The average molecular weight is 346 g/mol. The minimum Gasteiger partial charge on any atom is -0.297 e. The number of nitrogens with one attached hydrogen (secondary N) is 1. The first kappa shape index (κ1) is 16.3. The molecule has 1 aliphatic heterocycles. The van der Waals surface area contributed by atoms with Crippen LogP contribution in [-0.2, 0) is 16.1 Å². The molecule has 0 saturated carbocycles. The molecular formula is C16H15FN4O2S. The van der Waals surface area contributed by atoms with Crippen LogP contribution in [0.25, 0.3) is 0 Å². The van der Waals surface area contributed by atoms with Gasteiger partial charge in [0.25, 0.3) is 5.91 Å². The zero-order valence-electron chi connectivity index (χ0n) is 13.0. The summed E-state index contributed by atoms with van der Waals surface area (Å²) in [5.74, 6) is -0.868. The minimum absolute atomic E-state index is 0.166. The topological polar surface area (TPSA) is 74.7 Å². The Balaban J connectivity index is 1.72. The number of hydrogen-bond acceptors (Lipinski definition) is 5. The average Bonchev–Trinajstić information content (AvgIpc) is 2.96. The molecule has 124 valence electrons. The van der Waals surface area contributed by atoms with Crippen molar-refractivity contribution < 1.29 is 14.0 Å². The monoisotopic (exact) mass is 346 g/mol. The van der Waals surface area contributed by atoms with E-state index >= 15 is 0 Å². The lowest BCUT2D eigenvalue weighted by atomic mass is 10.1. The molecule has 1 aliphatic rings. The largest absolute Gasteiger partial charge is 0.297 e. The lowest BCUT2D eigenvalue weighted by Gasteiger charge is -2.23. The van der Waals surface area contributed by atoms with Gasteiger partial charge in [0.2, 0.25) is 5.91 Å². The highest BCUT2D eigenvalue weighted by molar-refractivity contribution is 7.14. The SMILES string of the molecule is Cc1csc(NC(=O)C2=NN(Cc3ccc(F)cc3)C(=O)CC2)n1. The fourth-order valence-electron chi connectivity index (χ4n) is 2.23. The van der Waals surface area contributed by atoms with Crippen LogP contribution in [0.3, 0.4) is 0 Å². The van der Waals surface area contributed by atoms with Crippen molar-refractivity contribution in [3.05, 3.63) is 46.7 Å². The molecule has 0 radical (unpaired) electrons. The third-order valence-corrected chi connectivity index (χ3v) is 4.33. The van der Waals surface area contributed by atoms with Gasteiger partial charge in [0.15, 0.2) is 5.13 Å². The Morgan fingerprint density at radius 2 is 2.08 bits per heavy atom. The fraction of sp³-hybridized carbons (Fsp3) is 0.250. The Labute approximate surface area is 142 Å². The Morgan fingerprint density at radius 3 is 2.75 bits per heavy atom. The standard InChI is InChI=1S/C16H15FN4O2S/c1-10-9-24-16(18-10)19-15(23)13-6-7-14(22)21(20-13)8-11-2-4-12(17)5-3-11/h2-5,9H,6-8H2,1H3,(H,18,19,23). The van der Waals surface area contributed by atoms with Crippen LogP contribution < -0.4 is 5.32 Å². The molecule has 6 nitrogen and oxygen atoms in total. The van der Waals surface area contributed by atoms with Crippen LogP contribution in [0.4, 0.5) is 9.52 Å². The molecule has 0 spiro atoms. The third-order valence-electron chi connectivity index (χ3n) is 3.45. The zero-order valence-corrected chi connectivity index (χ0v) is 13.8. The molecule has 1 aromatic carbocycles. The summed E-state index contributed by atoms with van der Waals surface area (Å²) in [7, 11) is 0. The van der Waals surface area contributed by atoms with E-state index in [1.54, 1.807) is 12.1 Å². The molecule has 1 N–H and O–H groups in total. The lowest BCUT2D eigenvalue weighted by molar-refractivity contribution is -0.132. The maximum absolute atomic E-state index is 13.0. The van der Waals surface area contributed by atoms with Crippen LogP contribution in [0, 0.1) is 12.7 Å². The normalized spacial score (nSPS) is 14.5. The third kappa shape index (κ3) is 3.83. The molecule has 0 saturated heterocycles. The molecule has 0 fully saturated rings. The summed E-state index contributed by atoms with van der Waals surface area (Å²) in [6, 6.07) is 5.83. The molecule has 0 unspecified atom stereocenters. The number of carbonyl (C=O) groups excluding carboxylic acids is 2. The molecule has 0 bridgehead atoms. The van der Waals surface area contributed by atoms with Crippen LogP contribution >= 0.6 is 11.3 Å². The van der Waals surface area contributed by atoms with Crippen LogP contribution in [0.2, 0.25) is 0 Å². The number of benzene rings is 1. The molecule has 1 aromatic heterocycles.